The predicted molar refractivity (Wildman–Crippen MR) is 71.2 cm³/mol. The van der Waals surface area contributed by atoms with E-state index in [-0.39, 0.29) is 12.6 Å². The van der Waals surface area contributed by atoms with Crippen LogP contribution in [-0.2, 0) is 14.3 Å². The second-order valence-electron chi connectivity index (χ2n) is 5.13. The number of carbonyl (C=O) groups excluding carboxylic acids is 2. The first-order valence-electron chi connectivity index (χ1n) is 6.70. The number of carboxylic acids is 1. The molecule has 2 atom stereocenters. The molecule has 0 spiro atoms. The monoisotopic (exact) mass is 286 g/mol. The summed E-state index contributed by atoms with van der Waals surface area (Å²) in [6.07, 6.45) is 2.29. The maximum Gasteiger partial charge on any atom is 0.328 e. The number of esters is 1. The van der Waals surface area contributed by atoms with Crippen molar-refractivity contribution in [2.45, 2.75) is 32.2 Å². The summed E-state index contributed by atoms with van der Waals surface area (Å²) in [5, 5.41) is 8.88. The molecular weight excluding hydrogens is 264 g/mol. The molecule has 0 saturated carbocycles. The molecule has 1 rings (SSSR count). The van der Waals surface area contributed by atoms with Gasteiger partial charge < -0.3 is 19.6 Å². The van der Waals surface area contributed by atoms with E-state index < -0.39 is 23.9 Å². The van der Waals surface area contributed by atoms with Crippen molar-refractivity contribution < 1.29 is 24.2 Å². The standard InChI is InChI=1S/C13H22N2O5/c1-9(11(16)17)8-14(2)13(19)15-7-5-4-6-10(15)12(18)20-3/h9-10H,4-8H2,1-3H3,(H,16,17). The van der Waals surface area contributed by atoms with E-state index in [1.807, 2.05) is 0 Å². The summed E-state index contributed by atoms with van der Waals surface area (Å²) in [5.41, 5.74) is 0. The van der Waals surface area contributed by atoms with Gasteiger partial charge in [-0.25, -0.2) is 9.59 Å². The minimum Gasteiger partial charge on any atom is -0.481 e. The van der Waals surface area contributed by atoms with Gasteiger partial charge in [-0.3, -0.25) is 4.79 Å². The van der Waals surface area contributed by atoms with Gasteiger partial charge in [0.05, 0.1) is 13.0 Å². The molecular formula is C13H22N2O5. The number of piperidine rings is 1. The highest BCUT2D eigenvalue weighted by atomic mass is 16.5. The van der Waals surface area contributed by atoms with Crippen LogP contribution in [0.4, 0.5) is 4.79 Å². The molecule has 1 saturated heterocycles. The smallest absolute Gasteiger partial charge is 0.328 e. The number of amides is 2. The highest BCUT2D eigenvalue weighted by Gasteiger charge is 2.34. The molecule has 20 heavy (non-hydrogen) atoms. The molecule has 0 aliphatic carbocycles. The molecule has 0 radical (unpaired) electrons. The Labute approximate surface area is 118 Å². The van der Waals surface area contributed by atoms with Gasteiger partial charge in [0.2, 0.25) is 0 Å². The summed E-state index contributed by atoms with van der Waals surface area (Å²) >= 11 is 0. The van der Waals surface area contributed by atoms with Crippen LogP contribution in [0.1, 0.15) is 26.2 Å². The van der Waals surface area contributed by atoms with Crippen LogP contribution < -0.4 is 0 Å². The van der Waals surface area contributed by atoms with Crippen LogP contribution in [0, 0.1) is 5.92 Å². The number of rotatable bonds is 4. The van der Waals surface area contributed by atoms with Crippen molar-refractivity contribution in [3.8, 4) is 0 Å². The molecule has 114 valence electrons. The molecule has 1 aliphatic rings. The zero-order chi connectivity index (χ0) is 15.3. The highest BCUT2D eigenvalue weighted by molar-refractivity contribution is 5.84. The van der Waals surface area contributed by atoms with Crippen molar-refractivity contribution in [3.63, 3.8) is 0 Å². The maximum absolute atomic E-state index is 12.3. The summed E-state index contributed by atoms with van der Waals surface area (Å²) in [4.78, 5) is 37.7. The number of urea groups is 1. The van der Waals surface area contributed by atoms with Crippen LogP contribution in [0.15, 0.2) is 0 Å². The third-order valence-corrected chi connectivity index (χ3v) is 3.52. The quantitative estimate of drug-likeness (QED) is 0.772. The molecule has 1 fully saturated rings. The van der Waals surface area contributed by atoms with Crippen LogP contribution in [0.2, 0.25) is 0 Å². The van der Waals surface area contributed by atoms with Crippen molar-refractivity contribution in [1.29, 1.82) is 0 Å². The molecule has 0 aromatic carbocycles. The molecule has 0 aromatic heterocycles. The van der Waals surface area contributed by atoms with E-state index in [1.54, 1.807) is 14.0 Å². The summed E-state index contributed by atoms with van der Waals surface area (Å²) in [5.74, 6) is -2.02. The third kappa shape index (κ3) is 3.85. The van der Waals surface area contributed by atoms with Crippen molar-refractivity contribution in [2.75, 3.05) is 27.2 Å². The molecule has 1 aliphatic heterocycles. The lowest BCUT2D eigenvalue weighted by molar-refractivity contribution is -0.147. The second kappa shape index (κ2) is 7.12. The minimum absolute atomic E-state index is 0.110. The summed E-state index contributed by atoms with van der Waals surface area (Å²) in [6, 6.07) is -0.892. The summed E-state index contributed by atoms with van der Waals surface area (Å²) < 4.78 is 4.72. The minimum atomic E-state index is -0.951. The van der Waals surface area contributed by atoms with Gasteiger partial charge >= 0.3 is 18.0 Å². The zero-order valence-electron chi connectivity index (χ0n) is 12.2. The first kappa shape index (κ1) is 16.3. The van der Waals surface area contributed by atoms with Crippen LogP contribution in [0.5, 0.6) is 0 Å². The average Bonchev–Trinajstić information content (AvgIpc) is 2.45. The molecule has 0 bridgehead atoms. The lowest BCUT2D eigenvalue weighted by Gasteiger charge is -2.36. The van der Waals surface area contributed by atoms with E-state index in [4.69, 9.17) is 9.84 Å². The van der Waals surface area contributed by atoms with Crippen molar-refractivity contribution in [3.05, 3.63) is 0 Å². The predicted octanol–water partition coefficient (Wildman–Crippen LogP) is 0.786. The van der Waals surface area contributed by atoms with Gasteiger partial charge in [0.1, 0.15) is 6.04 Å². The Balaban J connectivity index is 2.72. The van der Waals surface area contributed by atoms with E-state index in [9.17, 15) is 14.4 Å². The van der Waals surface area contributed by atoms with Crippen LogP contribution >= 0.6 is 0 Å². The number of ether oxygens (including phenoxy) is 1. The second-order valence-corrected chi connectivity index (χ2v) is 5.13. The number of aliphatic carboxylic acids is 1. The van der Waals surface area contributed by atoms with Crippen LogP contribution in [0.3, 0.4) is 0 Å². The molecule has 1 N–H and O–H groups in total. The Morgan fingerprint density at radius 2 is 2.05 bits per heavy atom. The molecule has 2 amide bonds. The fourth-order valence-electron chi connectivity index (χ4n) is 2.33. The van der Waals surface area contributed by atoms with E-state index in [2.05, 4.69) is 0 Å². The topological polar surface area (TPSA) is 87.2 Å². The van der Waals surface area contributed by atoms with Crippen LogP contribution in [0.25, 0.3) is 0 Å². The van der Waals surface area contributed by atoms with Gasteiger partial charge in [0.25, 0.3) is 0 Å². The van der Waals surface area contributed by atoms with Gasteiger partial charge in [0, 0.05) is 20.1 Å². The Morgan fingerprint density at radius 3 is 2.60 bits per heavy atom. The van der Waals surface area contributed by atoms with Gasteiger partial charge in [-0.2, -0.15) is 0 Å². The fourth-order valence-corrected chi connectivity index (χ4v) is 2.33. The van der Waals surface area contributed by atoms with Gasteiger partial charge in [-0.15, -0.1) is 0 Å². The van der Waals surface area contributed by atoms with Crippen molar-refractivity contribution in [1.82, 2.24) is 9.80 Å². The van der Waals surface area contributed by atoms with E-state index in [1.165, 1.54) is 16.9 Å². The summed E-state index contributed by atoms with van der Waals surface area (Å²) in [6.45, 7) is 2.14. The number of hydrogen-bond acceptors (Lipinski definition) is 4. The van der Waals surface area contributed by atoms with E-state index >= 15 is 0 Å². The average molecular weight is 286 g/mol. The number of methoxy groups -OCH3 is 1. The SMILES string of the molecule is COC(=O)C1CCCCN1C(=O)N(C)CC(C)C(=O)O. The highest BCUT2D eigenvalue weighted by Crippen LogP contribution is 2.19. The number of likely N-dealkylation sites (tertiary alicyclic amines) is 1. The largest absolute Gasteiger partial charge is 0.481 e. The van der Waals surface area contributed by atoms with Crippen molar-refractivity contribution >= 4 is 18.0 Å². The number of carboxylic acid groups (broad SMARTS) is 1. The lowest BCUT2D eigenvalue weighted by atomic mass is 10.0. The van der Waals surface area contributed by atoms with E-state index in [0.29, 0.717) is 13.0 Å². The normalized spacial score (nSPS) is 20.1. The maximum atomic E-state index is 12.3. The lowest BCUT2D eigenvalue weighted by Crippen LogP contribution is -2.53. The Kier molecular flexibility index (Phi) is 5.79. The number of nitrogens with zero attached hydrogens (tertiary/aromatic N) is 2. The molecule has 7 heteroatoms. The van der Waals surface area contributed by atoms with Gasteiger partial charge in [-0.1, -0.05) is 6.92 Å². The van der Waals surface area contributed by atoms with Gasteiger partial charge in [-0.05, 0) is 19.3 Å². The van der Waals surface area contributed by atoms with E-state index in [0.717, 1.165) is 12.8 Å². The molecule has 1 heterocycles. The Hall–Kier alpha value is -1.79. The molecule has 2 unspecified atom stereocenters. The number of carbonyl (C=O) groups is 3. The fraction of sp³-hybridized carbons (Fsp3) is 0.769. The molecule has 7 nitrogen and oxygen atoms in total. The number of hydrogen-bond donors (Lipinski definition) is 1. The first-order valence-corrected chi connectivity index (χ1v) is 6.70. The van der Waals surface area contributed by atoms with Crippen LogP contribution in [-0.4, -0.2) is 66.2 Å². The van der Waals surface area contributed by atoms with Gasteiger partial charge in [0.15, 0.2) is 0 Å². The third-order valence-electron chi connectivity index (χ3n) is 3.52. The Morgan fingerprint density at radius 1 is 1.40 bits per heavy atom. The molecule has 0 aromatic rings. The first-order chi connectivity index (χ1) is 9.38. The zero-order valence-corrected chi connectivity index (χ0v) is 12.2. The summed E-state index contributed by atoms with van der Waals surface area (Å²) in [7, 11) is 2.85. The van der Waals surface area contributed by atoms with Crippen molar-refractivity contribution in [2.24, 2.45) is 5.92 Å². The Bertz CT molecular complexity index is 385.